The number of benzene rings is 1. The minimum absolute atomic E-state index is 0.215. The summed E-state index contributed by atoms with van der Waals surface area (Å²) in [5.74, 6) is -0.215. The zero-order chi connectivity index (χ0) is 22.6. The van der Waals surface area contributed by atoms with Gasteiger partial charge in [-0.25, -0.2) is 4.98 Å². The van der Waals surface area contributed by atoms with Gasteiger partial charge in [-0.15, -0.1) is 0 Å². The van der Waals surface area contributed by atoms with Crippen LogP contribution in [0.25, 0.3) is 22.3 Å². The predicted octanol–water partition coefficient (Wildman–Crippen LogP) is 5.70. The molecule has 2 heterocycles. The molecule has 31 heavy (non-hydrogen) atoms. The Labute approximate surface area is 189 Å². The molecular weight excluding hydrogens is 412 g/mol. The van der Waals surface area contributed by atoms with E-state index in [0.29, 0.717) is 24.8 Å². The third kappa shape index (κ3) is 4.78. The lowest BCUT2D eigenvalue weighted by Crippen LogP contribution is -2.29. The normalized spacial score (nSPS) is 11.8. The molecule has 3 rings (SSSR count). The van der Waals surface area contributed by atoms with Crippen molar-refractivity contribution < 1.29 is 14.3 Å². The topological polar surface area (TPSA) is 53.4 Å². The van der Waals surface area contributed by atoms with Crippen LogP contribution in [0.1, 0.15) is 38.8 Å². The molecule has 166 valence electrons. The van der Waals surface area contributed by atoms with Crippen molar-refractivity contribution in [2.24, 2.45) is 5.41 Å². The van der Waals surface area contributed by atoms with Crippen LogP contribution in [0.15, 0.2) is 36.4 Å². The van der Waals surface area contributed by atoms with Crippen LogP contribution >= 0.6 is 11.6 Å². The van der Waals surface area contributed by atoms with E-state index in [1.807, 2.05) is 45.0 Å². The molecule has 0 atom stereocenters. The Morgan fingerprint density at radius 3 is 2.58 bits per heavy atom. The van der Waals surface area contributed by atoms with Crippen molar-refractivity contribution in [3.63, 3.8) is 0 Å². The maximum absolute atomic E-state index is 12.7. The molecule has 0 radical (unpaired) electrons. The van der Waals surface area contributed by atoms with Crippen LogP contribution in [0, 0.1) is 5.41 Å². The molecule has 0 fully saturated rings. The summed E-state index contributed by atoms with van der Waals surface area (Å²) in [6, 6.07) is 12.2. The number of pyridine rings is 1. The van der Waals surface area contributed by atoms with Gasteiger partial charge in [-0.1, -0.05) is 35.9 Å². The standard InChI is InChI=1S/C25H31ClN2O3/c1-6-28-20-12-13-21(26)27-22(20)19(16-25(3,4)24(29)31-7-2)23(28)18-11-9-8-10-17(18)14-15-30-5/h8-13H,6-7,14-16H2,1-5H3. The first-order valence-corrected chi connectivity index (χ1v) is 11.1. The summed E-state index contributed by atoms with van der Waals surface area (Å²) < 4.78 is 13.0. The van der Waals surface area contributed by atoms with Crippen LogP contribution in [0.4, 0.5) is 0 Å². The Hall–Kier alpha value is -2.37. The summed E-state index contributed by atoms with van der Waals surface area (Å²) in [6.07, 6.45) is 1.30. The molecule has 0 saturated heterocycles. The molecule has 6 heteroatoms. The molecule has 0 unspecified atom stereocenters. The number of aryl methyl sites for hydroxylation is 1. The first-order valence-electron chi connectivity index (χ1n) is 10.8. The van der Waals surface area contributed by atoms with Gasteiger partial charge in [0.1, 0.15) is 5.15 Å². The van der Waals surface area contributed by atoms with Crippen LogP contribution < -0.4 is 0 Å². The number of rotatable bonds is 9. The van der Waals surface area contributed by atoms with E-state index in [4.69, 9.17) is 21.1 Å². The summed E-state index contributed by atoms with van der Waals surface area (Å²) in [4.78, 5) is 17.4. The lowest BCUT2D eigenvalue weighted by atomic mass is 9.84. The Kier molecular flexibility index (Phi) is 7.39. The Morgan fingerprint density at radius 1 is 1.16 bits per heavy atom. The maximum atomic E-state index is 12.7. The Bertz CT molecular complexity index is 1070. The number of esters is 1. The van der Waals surface area contributed by atoms with Crippen LogP contribution in [0.5, 0.6) is 0 Å². The highest BCUT2D eigenvalue weighted by molar-refractivity contribution is 6.29. The van der Waals surface area contributed by atoms with E-state index in [1.165, 1.54) is 5.56 Å². The average molecular weight is 443 g/mol. The van der Waals surface area contributed by atoms with Crippen molar-refractivity contribution in [1.29, 1.82) is 0 Å². The number of ether oxygens (including phenoxy) is 2. The summed E-state index contributed by atoms with van der Waals surface area (Å²) in [6.45, 7) is 9.56. The number of halogens is 1. The summed E-state index contributed by atoms with van der Waals surface area (Å²) >= 11 is 6.30. The molecule has 0 spiro atoms. The quantitative estimate of drug-likeness (QED) is 0.315. The Morgan fingerprint density at radius 2 is 1.90 bits per heavy atom. The van der Waals surface area contributed by atoms with Gasteiger partial charge in [-0.05, 0) is 58.2 Å². The van der Waals surface area contributed by atoms with E-state index in [9.17, 15) is 4.79 Å². The van der Waals surface area contributed by atoms with Gasteiger partial charge < -0.3 is 14.0 Å². The minimum atomic E-state index is -0.705. The smallest absolute Gasteiger partial charge is 0.311 e. The lowest BCUT2D eigenvalue weighted by molar-refractivity contribution is -0.153. The monoisotopic (exact) mass is 442 g/mol. The fourth-order valence-electron chi connectivity index (χ4n) is 4.09. The molecule has 3 aromatic rings. The largest absolute Gasteiger partial charge is 0.466 e. The molecule has 2 aromatic heterocycles. The van der Waals surface area contributed by atoms with E-state index in [-0.39, 0.29) is 5.97 Å². The molecule has 0 saturated carbocycles. The highest BCUT2D eigenvalue weighted by atomic mass is 35.5. The van der Waals surface area contributed by atoms with Gasteiger partial charge in [0.15, 0.2) is 0 Å². The third-order valence-electron chi connectivity index (χ3n) is 5.58. The number of aromatic nitrogens is 2. The number of hydrogen-bond acceptors (Lipinski definition) is 4. The van der Waals surface area contributed by atoms with Crippen molar-refractivity contribution in [3.05, 3.63) is 52.7 Å². The highest BCUT2D eigenvalue weighted by Gasteiger charge is 2.33. The highest BCUT2D eigenvalue weighted by Crippen LogP contribution is 2.39. The fourth-order valence-corrected chi connectivity index (χ4v) is 4.24. The lowest BCUT2D eigenvalue weighted by Gasteiger charge is -2.23. The summed E-state index contributed by atoms with van der Waals surface area (Å²) in [5, 5.41) is 0.440. The van der Waals surface area contributed by atoms with Gasteiger partial charge in [0.25, 0.3) is 0 Å². The molecule has 0 aliphatic heterocycles. The van der Waals surface area contributed by atoms with Gasteiger partial charge in [0, 0.05) is 24.8 Å². The zero-order valence-corrected chi connectivity index (χ0v) is 19.8. The second kappa shape index (κ2) is 9.84. The summed E-state index contributed by atoms with van der Waals surface area (Å²) in [7, 11) is 1.71. The van der Waals surface area contributed by atoms with Gasteiger partial charge >= 0.3 is 5.97 Å². The van der Waals surface area contributed by atoms with Gasteiger partial charge in [-0.2, -0.15) is 0 Å². The van der Waals surface area contributed by atoms with Gasteiger partial charge in [0.2, 0.25) is 0 Å². The Balaban J connectivity index is 2.28. The van der Waals surface area contributed by atoms with Crippen molar-refractivity contribution in [2.45, 2.75) is 47.1 Å². The molecule has 0 aliphatic carbocycles. The number of carbonyl (C=O) groups excluding carboxylic acids is 1. The number of hydrogen-bond donors (Lipinski definition) is 0. The first-order chi connectivity index (χ1) is 14.8. The molecule has 5 nitrogen and oxygen atoms in total. The molecule has 0 aliphatic rings. The second-order valence-electron chi connectivity index (χ2n) is 8.25. The van der Waals surface area contributed by atoms with Crippen molar-refractivity contribution >= 4 is 28.6 Å². The molecule has 1 aromatic carbocycles. The number of carbonyl (C=O) groups is 1. The summed E-state index contributed by atoms with van der Waals surface area (Å²) in [5.41, 5.74) is 5.57. The first kappa shape index (κ1) is 23.3. The van der Waals surface area contributed by atoms with Crippen LogP contribution in [-0.2, 0) is 33.7 Å². The second-order valence-corrected chi connectivity index (χ2v) is 8.64. The van der Waals surface area contributed by atoms with Crippen molar-refractivity contribution in [1.82, 2.24) is 9.55 Å². The SMILES string of the molecule is CCOC(=O)C(C)(C)Cc1c(-c2ccccc2CCOC)n(CC)c2ccc(Cl)nc12. The third-order valence-corrected chi connectivity index (χ3v) is 5.79. The number of methoxy groups -OCH3 is 1. The average Bonchev–Trinajstić information content (AvgIpc) is 3.04. The molecule has 0 bridgehead atoms. The molecule has 0 amide bonds. The zero-order valence-electron chi connectivity index (χ0n) is 19.0. The molecule has 0 N–H and O–H groups in total. The number of fused-ring (bicyclic) bond motifs is 1. The van der Waals surface area contributed by atoms with Crippen molar-refractivity contribution in [3.8, 4) is 11.3 Å². The van der Waals surface area contributed by atoms with Crippen LogP contribution in [0.3, 0.4) is 0 Å². The van der Waals surface area contributed by atoms with Gasteiger partial charge in [0.05, 0.1) is 35.4 Å². The number of nitrogens with zero attached hydrogens (tertiary/aromatic N) is 2. The van der Waals surface area contributed by atoms with E-state index in [1.54, 1.807) is 7.11 Å². The van der Waals surface area contributed by atoms with E-state index < -0.39 is 5.41 Å². The minimum Gasteiger partial charge on any atom is -0.466 e. The van der Waals surface area contributed by atoms with Crippen LogP contribution in [-0.4, -0.2) is 35.8 Å². The van der Waals surface area contributed by atoms with E-state index >= 15 is 0 Å². The predicted molar refractivity (Wildman–Crippen MR) is 126 cm³/mol. The van der Waals surface area contributed by atoms with Gasteiger partial charge in [-0.3, -0.25) is 4.79 Å². The fraction of sp³-hybridized carbons (Fsp3) is 0.440. The van der Waals surface area contributed by atoms with E-state index in [2.05, 4.69) is 28.6 Å². The molecular formula is C25H31ClN2O3. The van der Waals surface area contributed by atoms with E-state index in [0.717, 1.165) is 40.8 Å². The van der Waals surface area contributed by atoms with Crippen molar-refractivity contribution in [2.75, 3.05) is 20.3 Å². The van der Waals surface area contributed by atoms with Crippen LogP contribution in [0.2, 0.25) is 5.15 Å². The maximum Gasteiger partial charge on any atom is 0.311 e.